The van der Waals surface area contributed by atoms with Gasteiger partial charge in [-0.15, -0.1) is 0 Å². The second-order valence-corrected chi connectivity index (χ2v) is 7.37. The highest BCUT2D eigenvalue weighted by Gasteiger charge is 2.22. The van der Waals surface area contributed by atoms with Gasteiger partial charge in [0.2, 0.25) is 0 Å². The fourth-order valence-electron chi connectivity index (χ4n) is 2.82. The molecular weight excluding hydrogens is 320 g/mol. The zero-order chi connectivity index (χ0) is 18.6. The molecule has 136 valence electrons. The number of aromatic nitrogens is 1. The van der Waals surface area contributed by atoms with Crippen molar-refractivity contribution in [2.24, 2.45) is 5.92 Å². The van der Waals surface area contributed by atoms with Gasteiger partial charge in [0.25, 0.3) is 0 Å². The van der Waals surface area contributed by atoms with E-state index in [0.29, 0.717) is 17.3 Å². The lowest BCUT2D eigenvalue weighted by molar-refractivity contribution is -0.130. The van der Waals surface area contributed by atoms with Crippen molar-refractivity contribution in [3.63, 3.8) is 0 Å². The summed E-state index contributed by atoms with van der Waals surface area (Å²) < 4.78 is 5.30. The van der Waals surface area contributed by atoms with Gasteiger partial charge in [-0.25, -0.2) is 14.6 Å². The van der Waals surface area contributed by atoms with Crippen LogP contribution in [0.2, 0.25) is 0 Å². The van der Waals surface area contributed by atoms with Gasteiger partial charge in [-0.05, 0) is 51.7 Å². The zero-order valence-electron chi connectivity index (χ0n) is 15.3. The molecule has 1 aromatic rings. The van der Waals surface area contributed by atoms with Gasteiger partial charge >= 0.3 is 12.1 Å². The summed E-state index contributed by atoms with van der Waals surface area (Å²) in [6.07, 6.45) is 7.17. The van der Waals surface area contributed by atoms with Gasteiger partial charge in [0, 0.05) is 18.8 Å². The molecule has 1 N–H and O–H groups in total. The van der Waals surface area contributed by atoms with Crippen molar-refractivity contribution < 1.29 is 19.4 Å². The first kappa shape index (κ1) is 19.0. The molecule has 1 aliphatic rings. The monoisotopic (exact) mass is 346 g/mol. The Kier molecular flexibility index (Phi) is 5.82. The molecule has 2 rings (SSSR count). The first-order chi connectivity index (χ1) is 11.7. The van der Waals surface area contributed by atoms with E-state index in [1.807, 2.05) is 6.08 Å². The summed E-state index contributed by atoms with van der Waals surface area (Å²) >= 11 is 0. The summed E-state index contributed by atoms with van der Waals surface area (Å²) in [4.78, 5) is 29.2. The number of carboxylic acids is 1. The predicted molar refractivity (Wildman–Crippen MR) is 96.4 cm³/mol. The van der Waals surface area contributed by atoms with E-state index < -0.39 is 17.7 Å². The number of carbonyl (C=O) groups is 2. The van der Waals surface area contributed by atoms with Crippen LogP contribution in [0.25, 0.3) is 5.57 Å². The molecule has 1 saturated carbocycles. The van der Waals surface area contributed by atoms with E-state index in [2.05, 4.69) is 4.98 Å². The SMILES string of the molecule is CN(C(=O)OC(C)(C)C)c1ccc(C(=CC2CCCC2)C(=O)O)cn1. The van der Waals surface area contributed by atoms with E-state index >= 15 is 0 Å². The van der Waals surface area contributed by atoms with E-state index in [-0.39, 0.29) is 5.57 Å². The lowest BCUT2D eigenvalue weighted by atomic mass is 10.00. The molecule has 0 bridgehead atoms. The van der Waals surface area contributed by atoms with E-state index in [1.165, 1.54) is 11.1 Å². The Morgan fingerprint density at radius 3 is 2.40 bits per heavy atom. The van der Waals surface area contributed by atoms with Crippen molar-refractivity contribution in [2.75, 3.05) is 11.9 Å². The minimum atomic E-state index is -0.957. The Hall–Kier alpha value is -2.37. The average molecular weight is 346 g/mol. The number of hydrogen-bond donors (Lipinski definition) is 1. The lowest BCUT2D eigenvalue weighted by Crippen LogP contribution is -2.34. The molecule has 1 heterocycles. The van der Waals surface area contributed by atoms with E-state index in [1.54, 1.807) is 40.0 Å². The van der Waals surface area contributed by atoms with Crippen LogP contribution >= 0.6 is 0 Å². The van der Waals surface area contributed by atoms with E-state index in [0.717, 1.165) is 25.7 Å². The Morgan fingerprint density at radius 2 is 1.92 bits per heavy atom. The van der Waals surface area contributed by atoms with Gasteiger partial charge < -0.3 is 9.84 Å². The number of ether oxygens (including phenoxy) is 1. The number of carbonyl (C=O) groups excluding carboxylic acids is 1. The molecule has 1 amide bonds. The highest BCUT2D eigenvalue weighted by Crippen LogP contribution is 2.29. The first-order valence-electron chi connectivity index (χ1n) is 8.55. The third kappa shape index (κ3) is 5.31. The molecule has 25 heavy (non-hydrogen) atoms. The largest absolute Gasteiger partial charge is 0.478 e. The molecule has 0 radical (unpaired) electrons. The Bertz CT molecular complexity index is 653. The van der Waals surface area contributed by atoms with Crippen LogP contribution in [-0.2, 0) is 9.53 Å². The van der Waals surface area contributed by atoms with Gasteiger partial charge in [-0.3, -0.25) is 4.90 Å². The molecule has 0 saturated heterocycles. The zero-order valence-corrected chi connectivity index (χ0v) is 15.3. The molecule has 0 aliphatic heterocycles. The van der Waals surface area contributed by atoms with Gasteiger partial charge in [-0.2, -0.15) is 0 Å². The van der Waals surface area contributed by atoms with Crippen LogP contribution in [-0.4, -0.2) is 34.8 Å². The first-order valence-corrected chi connectivity index (χ1v) is 8.55. The van der Waals surface area contributed by atoms with Crippen molar-refractivity contribution in [1.82, 2.24) is 4.98 Å². The molecular formula is C19H26N2O4. The van der Waals surface area contributed by atoms with Crippen LogP contribution in [0.4, 0.5) is 10.6 Å². The molecule has 0 aromatic carbocycles. The molecule has 0 spiro atoms. The van der Waals surface area contributed by atoms with Crippen LogP contribution in [0, 0.1) is 5.92 Å². The number of aliphatic carboxylic acids is 1. The summed E-state index contributed by atoms with van der Waals surface area (Å²) in [5, 5.41) is 9.50. The Balaban J connectivity index is 2.17. The van der Waals surface area contributed by atoms with Crippen LogP contribution in [0.15, 0.2) is 24.4 Å². The normalized spacial score (nSPS) is 15.9. The standard InChI is InChI=1S/C19H26N2O4/c1-19(2,3)25-18(24)21(4)16-10-9-14(12-20-16)15(17(22)23)11-13-7-5-6-8-13/h9-13H,5-8H2,1-4H3,(H,22,23). The maximum absolute atomic E-state index is 12.1. The highest BCUT2D eigenvalue weighted by atomic mass is 16.6. The molecule has 1 aliphatic carbocycles. The number of anilines is 1. The summed E-state index contributed by atoms with van der Waals surface area (Å²) in [6, 6.07) is 3.31. The molecule has 6 heteroatoms. The van der Waals surface area contributed by atoms with Crippen molar-refractivity contribution >= 4 is 23.5 Å². The van der Waals surface area contributed by atoms with Crippen molar-refractivity contribution in [3.8, 4) is 0 Å². The minimum Gasteiger partial charge on any atom is -0.478 e. The molecule has 6 nitrogen and oxygen atoms in total. The number of allylic oxidation sites excluding steroid dienone is 1. The van der Waals surface area contributed by atoms with Gasteiger partial charge in [0.05, 0.1) is 5.57 Å². The molecule has 0 atom stereocenters. The fraction of sp³-hybridized carbons (Fsp3) is 0.526. The number of carboxylic acid groups (broad SMARTS) is 1. The number of amides is 1. The summed E-state index contributed by atoms with van der Waals surface area (Å²) in [5.41, 5.74) is 0.220. The van der Waals surface area contributed by atoms with Crippen molar-refractivity contribution in [2.45, 2.75) is 52.1 Å². The number of rotatable bonds is 4. The molecule has 1 aromatic heterocycles. The Labute approximate surface area is 148 Å². The van der Waals surface area contributed by atoms with Crippen molar-refractivity contribution in [1.29, 1.82) is 0 Å². The summed E-state index contributed by atoms with van der Waals surface area (Å²) in [5.74, 6) is -0.235. The maximum atomic E-state index is 12.1. The van der Waals surface area contributed by atoms with Crippen LogP contribution in [0.3, 0.4) is 0 Å². The van der Waals surface area contributed by atoms with E-state index in [9.17, 15) is 14.7 Å². The third-order valence-electron chi connectivity index (χ3n) is 4.10. The topological polar surface area (TPSA) is 79.7 Å². The highest BCUT2D eigenvalue weighted by molar-refractivity contribution is 6.15. The lowest BCUT2D eigenvalue weighted by Gasteiger charge is -2.24. The maximum Gasteiger partial charge on any atom is 0.415 e. The summed E-state index contributed by atoms with van der Waals surface area (Å²) in [7, 11) is 1.57. The van der Waals surface area contributed by atoms with Gasteiger partial charge in [-0.1, -0.05) is 18.9 Å². The second kappa shape index (κ2) is 7.68. The predicted octanol–water partition coefficient (Wildman–Crippen LogP) is 4.11. The Morgan fingerprint density at radius 1 is 1.28 bits per heavy atom. The molecule has 0 unspecified atom stereocenters. The molecule has 1 fully saturated rings. The summed E-state index contributed by atoms with van der Waals surface area (Å²) in [6.45, 7) is 5.38. The van der Waals surface area contributed by atoms with Crippen LogP contribution < -0.4 is 4.90 Å². The average Bonchev–Trinajstić information content (AvgIpc) is 3.03. The third-order valence-corrected chi connectivity index (χ3v) is 4.10. The van der Waals surface area contributed by atoms with Gasteiger partial charge in [0.15, 0.2) is 0 Å². The number of nitrogens with zero attached hydrogens (tertiary/aromatic N) is 2. The van der Waals surface area contributed by atoms with Crippen molar-refractivity contribution in [3.05, 3.63) is 30.0 Å². The fourth-order valence-corrected chi connectivity index (χ4v) is 2.82. The van der Waals surface area contributed by atoms with Crippen LogP contribution in [0.1, 0.15) is 52.0 Å². The van der Waals surface area contributed by atoms with E-state index in [4.69, 9.17) is 4.74 Å². The quantitative estimate of drug-likeness (QED) is 0.830. The number of pyridine rings is 1. The van der Waals surface area contributed by atoms with Crippen LogP contribution in [0.5, 0.6) is 0 Å². The number of hydrogen-bond acceptors (Lipinski definition) is 4. The van der Waals surface area contributed by atoms with Gasteiger partial charge in [0.1, 0.15) is 11.4 Å². The smallest absolute Gasteiger partial charge is 0.415 e. The second-order valence-electron chi connectivity index (χ2n) is 7.37. The minimum absolute atomic E-state index is 0.269.